The van der Waals surface area contributed by atoms with E-state index < -0.39 is 0 Å². The van der Waals surface area contributed by atoms with Crippen LogP contribution in [0.5, 0.6) is 0 Å². The Bertz CT molecular complexity index is 13.6. The molecule has 0 saturated heterocycles. The fourth-order valence-electron chi connectivity index (χ4n) is 0. The van der Waals surface area contributed by atoms with Crippen LogP contribution in [0.2, 0.25) is 0 Å². The summed E-state index contributed by atoms with van der Waals surface area (Å²) >= 11 is 0. The van der Waals surface area contributed by atoms with Crippen LogP contribution in [-0.2, 0) is 21.1 Å². The molecule has 0 atom stereocenters. The van der Waals surface area contributed by atoms with Gasteiger partial charge in [0.2, 0.25) is 0 Å². The maximum absolute atomic E-state index is 0. The van der Waals surface area contributed by atoms with Gasteiger partial charge < -0.3 is 32.9 Å². The molecular formula is BeF7LiW-4. The van der Waals surface area contributed by atoms with Gasteiger partial charge in [0.25, 0.3) is 0 Å². The van der Waals surface area contributed by atoms with Crippen LogP contribution in [0, 0.1) is 0 Å². The molecule has 0 aliphatic heterocycles. The average Bonchev–Trinajstić information content (AvgIpc) is 0. The molecule has 0 aromatic heterocycles. The molecule has 0 aliphatic rings. The molecule has 0 heterocycles. The maximum Gasteiger partial charge on any atom is 2.00 e. The van der Waals surface area contributed by atoms with Crippen molar-refractivity contribution in [3.63, 3.8) is 0 Å². The van der Waals surface area contributed by atoms with Crippen molar-refractivity contribution in [2.24, 2.45) is 0 Å². The molecule has 0 rings (SSSR count). The van der Waals surface area contributed by atoms with E-state index in [1.54, 1.807) is 0 Å². The minimum Gasteiger partial charge on any atom is -1.00 e. The van der Waals surface area contributed by atoms with Gasteiger partial charge in [0.15, 0.2) is 0 Å². The Labute approximate surface area is 83.1 Å². The van der Waals surface area contributed by atoms with E-state index >= 15 is 0 Å². The summed E-state index contributed by atoms with van der Waals surface area (Å²) in [6.07, 6.45) is 0. The van der Waals surface area contributed by atoms with E-state index in [2.05, 4.69) is 0 Å². The molecule has 0 amide bonds. The average molecular weight is 333 g/mol. The van der Waals surface area contributed by atoms with E-state index in [4.69, 9.17) is 0 Å². The van der Waals surface area contributed by atoms with E-state index in [1.807, 2.05) is 0 Å². The molecule has 0 spiro atoms. The van der Waals surface area contributed by atoms with E-state index in [-0.39, 0.29) is 83.0 Å². The maximum atomic E-state index is 0. The Morgan fingerprint density at radius 1 is 0.400 bits per heavy atom. The number of rotatable bonds is 0. The molecule has 0 aromatic rings. The summed E-state index contributed by atoms with van der Waals surface area (Å²) < 4.78 is 0. The molecule has 62 valence electrons. The van der Waals surface area contributed by atoms with Gasteiger partial charge in [-0.05, 0) is 0 Å². The molecule has 0 saturated carbocycles. The van der Waals surface area contributed by atoms with Gasteiger partial charge >= 0.3 is 29.0 Å². The molecule has 0 radical (unpaired) electrons. The summed E-state index contributed by atoms with van der Waals surface area (Å²) in [6, 6.07) is 0. The van der Waals surface area contributed by atoms with Crippen LogP contribution < -0.4 is 51.8 Å². The topological polar surface area (TPSA) is 0 Å². The van der Waals surface area contributed by atoms with Crippen LogP contribution in [0.25, 0.3) is 0 Å². The zero-order chi connectivity index (χ0) is 0. The second-order valence-corrected chi connectivity index (χ2v) is 0. The molecule has 0 aromatic carbocycles. The van der Waals surface area contributed by atoms with Gasteiger partial charge in [0.05, 0.1) is 0 Å². The summed E-state index contributed by atoms with van der Waals surface area (Å²) in [5, 5.41) is 0. The first-order valence-corrected chi connectivity index (χ1v) is 0. The van der Waals surface area contributed by atoms with E-state index in [9.17, 15) is 0 Å². The molecule has 0 N–H and O–H groups in total. The van der Waals surface area contributed by atoms with Gasteiger partial charge in [-0.25, -0.2) is 0 Å². The third kappa shape index (κ3) is 611. The molecule has 0 fully saturated rings. The summed E-state index contributed by atoms with van der Waals surface area (Å²) in [6.45, 7) is 0. The first-order chi connectivity index (χ1) is 0. The molecule has 0 nitrogen and oxygen atoms in total. The Morgan fingerprint density at radius 3 is 0.400 bits per heavy atom. The third-order valence-electron chi connectivity index (χ3n) is 0. The van der Waals surface area contributed by atoms with Gasteiger partial charge in [-0.1, -0.05) is 0 Å². The van der Waals surface area contributed by atoms with Gasteiger partial charge in [-0.3, -0.25) is 0 Å². The quantitative estimate of drug-likeness (QED) is 0.305. The van der Waals surface area contributed by atoms with Crippen molar-refractivity contribution < 1.29 is 72.9 Å². The van der Waals surface area contributed by atoms with E-state index in [1.165, 1.54) is 0 Å². The fraction of sp³-hybridized carbons (Fsp3) is 0. The molecule has 0 aliphatic carbocycles. The minimum absolute atomic E-state index is 0. The van der Waals surface area contributed by atoms with Gasteiger partial charge in [0.1, 0.15) is 0 Å². The Morgan fingerprint density at radius 2 is 0.400 bits per heavy atom. The van der Waals surface area contributed by atoms with Crippen molar-refractivity contribution in [3.05, 3.63) is 0 Å². The first-order valence-electron chi connectivity index (χ1n) is 0. The molecule has 0 unspecified atom stereocenters. The fourth-order valence-corrected chi connectivity index (χ4v) is 0. The summed E-state index contributed by atoms with van der Waals surface area (Å²) in [5.41, 5.74) is 0. The Kier molecular flexibility index (Phi) is 101000. The van der Waals surface area contributed by atoms with Crippen molar-refractivity contribution in [3.8, 4) is 0 Å². The number of hydrogen-bond donors (Lipinski definition) is 0. The molecule has 0 bridgehead atoms. The van der Waals surface area contributed by atoms with Crippen molar-refractivity contribution >= 4 is 10.1 Å². The predicted molar refractivity (Wildman–Crippen MR) is 5.75 cm³/mol. The monoisotopic (exact) mass is 333 g/mol. The summed E-state index contributed by atoms with van der Waals surface area (Å²) in [5.74, 6) is 0. The van der Waals surface area contributed by atoms with Crippen LogP contribution in [0.15, 0.2) is 0 Å². The standard InChI is InChI=1S/Be.7FH.Li.W/h;7*1H;;/q+2;;;;;;;;+1;/p-7. The van der Waals surface area contributed by atoms with Gasteiger partial charge in [0, 0.05) is 21.1 Å². The third-order valence-corrected chi connectivity index (χ3v) is 0. The zero-order valence-electron chi connectivity index (χ0n) is 4.76. The van der Waals surface area contributed by atoms with Crippen molar-refractivity contribution in [2.45, 2.75) is 0 Å². The van der Waals surface area contributed by atoms with E-state index in [0.29, 0.717) is 0 Å². The second kappa shape index (κ2) is 861. The van der Waals surface area contributed by atoms with Crippen molar-refractivity contribution in [1.82, 2.24) is 0 Å². The summed E-state index contributed by atoms with van der Waals surface area (Å²) in [7, 11) is 0. The van der Waals surface area contributed by atoms with Crippen LogP contribution in [0.3, 0.4) is 0 Å². The van der Waals surface area contributed by atoms with Crippen molar-refractivity contribution in [2.75, 3.05) is 0 Å². The number of hydrogen-bond acceptors (Lipinski definition) is 0. The Hall–Kier alpha value is 0.965. The largest absolute Gasteiger partial charge is 2.00 e. The number of halogens is 7. The Balaban J connectivity index is 0. The minimum atomic E-state index is 0. The van der Waals surface area contributed by atoms with Crippen LogP contribution in [-0.4, -0.2) is 10.1 Å². The smallest absolute Gasteiger partial charge is 1.00 e. The zero-order valence-corrected chi connectivity index (χ0v) is 7.69. The predicted octanol–water partition coefficient (Wildman–Crippen LogP) is -24.4. The van der Waals surface area contributed by atoms with Crippen LogP contribution in [0.4, 0.5) is 0 Å². The normalized spacial score (nSPS) is 0. The molecular weight excluding hydrogens is 333 g/mol. The van der Waals surface area contributed by atoms with Gasteiger partial charge in [-0.15, -0.1) is 0 Å². The van der Waals surface area contributed by atoms with Crippen LogP contribution in [0.1, 0.15) is 0 Å². The van der Waals surface area contributed by atoms with Crippen molar-refractivity contribution in [1.29, 1.82) is 0 Å². The van der Waals surface area contributed by atoms with Crippen LogP contribution >= 0.6 is 0 Å². The molecule has 10 heavy (non-hydrogen) atoms. The summed E-state index contributed by atoms with van der Waals surface area (Å²) in [4.78, 5) is 0. The second-order valence-electron chi connectivity index (χ2n) is 0. The molecule has 10 heteroatoms. The first kappa shape index (κ1) is 1170. The van der Waals surface area contributed by atoms with Gasteiger partial charge in [-0.2, -0.15) is 0 Å². The SMILES string of the molecule is [Be+2].[F-].[F-].[F-].[F-].[F-].[F-].[F-].[Li+].[W]. The van der Waals surface area contributed by atoms with E-state index in [0.717, 1.165) is 0 Å².